The van der Waals surface area contributed by atoms with Crippen LogP contribution in [0.3, 0.4) is 0 Å². The molecule has 21 heavy (non-hydrogen) atoms. The Morgan fingerprint density at radius 2 is 2.00 bits per heavy atom. The summed E-state index contributed by atoms with van der Waals surface area (Å²) >= 11 is 0. The summed E-state index contributed by atoms with van der Waals surface area (Å²) < 4.78 is 4.68. The fourth-order valence-electron chi connectivity index (χ4n) is 2.29. The Morgan fingerprint density at radius 1 is 1.29 bits per heavy atom. The molecule has 1 aromatic rings. The molecule has 2 atom stereocenters. The van der Waals surface area contributed by atoms with Crippen LogP contribution in [0, 0.1) is 0 Å². The summed E-state index contributed by atoms with van der Waals surface area (Å²) in [6, 6.07) is 9.42. The van der Waals surface area contributed by atoms with Crippen molar-refractivity contribution < 1.29 is 14.6 Å². The maximum absolute atomic E-state index is 11.3. The predicted molar refractivity (Wildman–Crippen MR) is 84.0 cm³/mol. The number of carbonyl (C=O) groups excluding carboxylic acids is 1. The fourth-order valence-corrected chi connectivity index (χ4v) is 2.29. The molecule has 0 aliphatic rings. The molecule has 0 aromatic heterocycles. The minimum Gasteiger partial charge on any atom is -0.469 e. The lowest BCUT2D eigenvalue weighted by molar-refractivity contribution is -0.141. The molecule has 0 saturated carbocycles. The maximum Gasteiger partial charge on any atom is 0.305 e. The average molecular weight is 293 g/mol. The molecule has 2 N–H and O–H groups in total. The topological polar surface area (TPSA) is 58.6 Å². The molecule has 1 rings (SSSR count). The molecule has 4 nitrogen and oxygen atoms in total. The van der Waals surface area contributed by atoms with Crippen LogP contribution in [0.5, 0.6) is 0 Å². The van der Waals surface area contributed by atoms with Gasteiger partial charge in [0.25, 0.3) is 0 Å². The van der Waals surface area contributed by atoms with Gasteiger partial charge in [-0.3, -0.25) is 4.79 Å². The van der Waals surface area contributed by atoms with Crippen LogP contribution in [0.1, 0.15) is 50.7 Å². The average Bonchev–Trinajstić information content (AvgIpc) is 2.54. The van der Waals surface area contributed by atoms with E-state index in [2.05, 4.69) is 17.0 Å². The summed E-state index contributed by atoms with van der Waals surface area (Å²) in [4.78, 5) is 11.3. The zero-order valence-corrected chi connectivity index (χ0v) is 13.0. The van der Waals surface area contributed by atoms with Crippen molar-refractivity contribution in [1.29, 1.82) is 0 Å². The molecular weight excluding hydrogens is 266 g/mol. The minimum absolute atomic E-state index is 0.136. The molecule has 0 amide bonds. The van der Waals surface area contributed by atoms with Gasteiger partial charge in [-0.05, 0) is 24.9 Å². The normalized spacial score (nSPS) is 13.7. The fraction of sp³-hybridized carbons (Fsp3) is 0.588. The maximum atomic E-state index is 11.3. The van der Waals surface area contributed by atoms with Gasteiger partial charge < -0.3 is 15.2 Å². The Hall–Kier alpha value is -1.39. The first-order valence-electron chi connectivity index (χ1n) is 7.72. The van der Waals surface area contributed by atoms with E-state index in [1.807, 2.05) is 30.3 Å². The molecule has 118 valence electrons. The molecule has 4 heteroatoms. The van der Waals surface area contributed by atoms with Gasteiger partial charge in [0.15, 0.2) is 0 Å². The van der Waals surface area contributed by atoms with Gasteiger partial charge in [0.2, 0.25) is 0 Å². The third-order valence-corrected chi connectivity index (χ3v) is 3.60. The van der Waals surface area contributed by atoms with Crippen molar-refractivity contribution in [1.82, 2.24) is 5.32 Å². The number of methoxy groups -OCH3 is 1. The van der Waals surface area contributed by atoms with Crippen molar-refractivity contribution in [2.45, 2.75) is 51.2 Å². The SMILES string of the molecule is CCCCCNC(CCC(=O)OC)C(O)c1ccccc1. The highest BCUT2D eigenvalue weighted by Gasteiger charge is 2.21. The van der Waals surface area contributed by atoms with E-state index < -0.39 is 6.10 Å². The highest BCUT2D eigenvalue weighted by molar-refractivity contribution is 5.69. The standard InChI is InChI=1S/C17H27NO3/c1-3-4-8-13-18-15(11-12-16(19)21-2)17(20)14-9-6-5-7-10-14/h5-7,9-10,15,17-18,20H,3-4,8,11-13H2,1-2H3. The molecule has 0 aliphatic carbocycles. The van der Waals surface area contributed by atoms with Crippen LogP contribution in [-0.2, 0) is 9.53 Å². The number of hydrogen-bond acceptors (Lipinski definition) is 4. The molecular formula is C17H27NO3. The van der Waals surface area contributed by atoms with Gasteiger partial charge in [-0.25, -0.2) is 0 Å². The van der Waals surface area contributed by atoms with Crippen molar-refractivity contribution in [2.24, 2.45) is 0 Å². The second-order valence-corrected chi connectivity index (χ2v) is 5.24. The molecule has 0 aliphatic heterocycles. The molecule has 0 fully saturated rings. The summed E-state index contributed by atoms with van der Waals surface area (Å²) in [6.45, 7) is 3.01. The zero-order valence-electron chi connectivity index (χ0n) is 13.0. The van der Waals surface area contributed by atoms with Crippen molar-refractivity contribution >= 4 is 5.97 Å². The van der Waals surface area contributed by atoms with Gasteiger partial charge in [-0.15, -0.1) is 0 Å². The lowest BCUT2D eigenvalue weighted by atomic mass is 9.98. The largest absolute Gasteiger partial charge is 0.469 e. The van der Waals surface area contributed by atoms with Crippen molar-refractivity contribution in [3.05, 3.63) is 35.9 Å². The van der Waals surface area contributed by atoms with Crippen LogP contribution < -0.4 is 5.32 Å². The minimum atomic E-state index is -0.613. The first-order chi connectivity index (χ1) is 10.2. The number of aliphatic hydroxyl groups is 1. The molecule has 1 aromatic carbocycles. The lowest BCUT2D eigenvalue weighted by Crippen LogP contribution is -2.36. The Kier molecular flexibility index (Phi) is 8.71. The van der Waals surface area contributed by atoms with Crippen molar-refractivity contribution in [3.8, 4) is 0 Å². The Labute approximate surface area is 127 Å². The smallest absolute Gasteiger partial charge is 0.305 e. The third kappa shape index (κ3) is 6.74. The van der Waals surface area contributed by atoms with Crippen LogP contribution in [-0.4, -0.2) is 30.8 Å². The summed E-state index contributed by atoms with van der Waals surface area (Å²) in [5.74, 6) is -0.240. The number of unbranched alkanes of at least 4 members (excludes halogenated alkanes) is 2. The quantitative estimate of drug-likeness (QED) is 0.514. The van der Waals surface area contributed by atoms with Gasteiger partial charge in [-0.1, -0.05) is 50.1 Å². The number of benzene rings is 1. The lowest BCUT2D eigenvalue weighted by Gasteiger charge is -2.24. The second-order valence-electron chi connectivity index (χ2n) is 5.24. The summed E-state index contributed by atoms with van der Waals surface area (Å²) in [6.07, 6.45) is 3.67. The summed E-state index contributed by atoms with van der Waals surface area (Å²) in [5.41, 5.74) is 0.871. The van der Waals surface area contributed by atoms with Gasteiger partial charge in [0.1, 0.15) is 0 Å². The van der Waals surface area contributed by atoms with Gasteiger partial charge >= 0.3 is 5.97 Å². The Morgan fingerprint density at radius 3 is 2.62 bits per heavy atom. The predicted octanol–water partition coefficient (Wildman–Crippen LogP) is 2.82. The first kappa shape index (κ1) is 17.7. The van der Waals surface area contributed by atoms with Crippen LogP contribution in [0.15, 0.2) is 30.3 Å². The number of rotatable bonds is 10. The zero-order chi connectivity index (χ0) is 15.5. The highest BCUT2D eigenvalue weighted by atomic mass is 16.5. The number of esters is 1. The first-order valence-corrected chi connectivity index (χ1v) is 7.72. The molecule has 0 radical (unpaired) electrons. The number of nitrogens with one attached hydrogen (secondary N) is 1. The van der Waals surface area contributed by atoms with E-state index in [-0.39, 0.29) is 12.0 Å². The summed E-state index contributed by atoms with van der Waals surface area (Å²) in [7, 11) is 1.39. The van der Waals surface area contributed by atoms with Crippen molar-refractivity contribution in [3.63, 3.8) is 0 Å². The van der Waals surface area contributed by atoms with E-state index in [1.54, 1.807) is 0 Å². The highest BCUT2D eigenvalue weighted by Crippen LogP contribution is 2.20. The Balaban J connectivity index is 2.59. The van der Waals surface area contributed by atoms with Gasteiger partial charge in [-0.2, -0.15) is 0 Å². The van der Waals surface area contributed by atoms with Crippen LogP contribution in [0.25, 0.3) is 0 Å². The second kappa shape index (κ2) is 10.4. The molecule has 0 saturated heterocycles. The van der Waals surface area contributed by atoms with E-state index in [0.29, 0.717) is 12.8 Å². The number of hydrogen-bond donors (Lipinski definition) is 2. The third-order valence-electron chi connectivity index (χ3n) is 3.60. The molecule has 2 unspecified atom stereocenters. The molecule has 0 bridgehead atoms. The van der Waals surface area contributed by atoms with Gasteiger partial charge in [0, 0.05) is 12.5 Å². The Bertz CT molecular complexity index is 394. The van der Waals surface area contributed by atoms with Crippen LogP contribution in [0.4, 0.5) is 0 Å². The monoisotopic (exact) mass is 293 g/mol. The van der Waals surface area contributed by atoms with E-state index >= 15 is 0 Å². The van der Waals surface area contributed by atoms with Crippen LogP contribution in [0.2, 0.25) is 0 Å². The van der Waals surface area contributed by atoms with Gasteiger partial charge in [0.05, 0.1) is 13.2 Å². The number of ether oxygens (including phenoxy) is 1. The van der Waals surface area contributed by atoms with Crippen molar-refractivity contribution in [2.75, 3.05) is 13.7 Å². The van der Waals surface area contributed by atoms with E-state index in [9.17, 15) is 9.90 Å². The van der Waals surface area contributed by atoms with E-state index in [1.165, 1.54) is 7.11 Å². The van der Waals surface area contributed by atoms with E-state index in [0.717, 1.165) is 31.4 Å². The molecule has 0 heterocycles. The number of carbonyl (C=O) groups is 1. The molecule has 0 spiro atoms. The summed E-state index contributed by atoms with van der Waals surface area (Å²) in [5, 5.41) is 13.9. The van der Waals surface area contributed by atoms with E-state index in [4.69, 9.17) is 0 Å². The van der Waals surface area contributed by atoms with Crippen LogP contribution >= 0.6 is 0 Å². The number of aliphatic hydroxyl groups excluding tert-OH is 1.